The number of sulfone groups is 1. The second kappa shape index (κ2) is 6.03. The van der Waals surface area contributed by atoms with Gasteiger partial charge in [-0.15, -0.1) is 0 Å². The number of nitrogens with zero attached hydrogens (tertiary/aromatic N) is 2. The number of piperazine rings is 1. The van der Waals surface area contributed by atoms with E-state index in [9.17, 15) is 8.42 Å². The summed E-state index contributed by atoms with van der Waals surface area (Å²) in [5, 5.41) is 0. The molecule has 2 saturated heterocycles. The molecule has 0 radical (unpaired) electrons. The van der Waals surface area contributed by atoms with Crippen molar-refractivity contribution < 1.29 is 8.42 Å². The molecule has 0 aliphatic carbocycles. The van der Waals surface area contributed by atoms with Crippen LogP contribution in [0.4, 0.5) is 0 Å². The van der Waals surface area contributed by atoms with Crippen LogP contribution < -0.4 is 5.73 Å². The fraction of sp³-hybridized carbons (Fsp3) is 0.917. The van der Waals surface area contributed by atoms with Crippen LogP contribution in [0.5, 0.6) is 0 Å². The summed E-state index contributed by atoms with van der Waals surface area (Å²) in [5.74, 6) is 0.682. The first-order valence-corrected chi connectivity index (χ1v) is 9.13. The summed E-state index contributed by atoms with van der Waals surface area (Å²) < 4.78 is 23.0. The van der Waals surface area contributed by atoms with Crippen LogP contribution in [0.15, 0.2) is 0 Å². The lowest BCUT2D eigenvalue weighted by Gasteiger charge is -2.40. The van der Waals surface area contributed by atoms with Gasteiger partial charge in [-0.1, -0.05) is 19.1 Å². The number of hydrogen-bond donors (Lipinski definition) is 1. The highest BCUT2D eigenvalue weighted by molar-refractivity contribution is 7.91. The lowest BCUT2D eigenvalue weighted by atomic mass is 10.1. The van der Waals surface area contributed by atoms with Crippen LogP contribution in [0.25, 0.3) is 0 Å². The fourth-order valence-corrected chi connectivity index (χ4v) is 5.19. The highest BCUT2D eigenvalue weighted by Crippen LogP contribution is 2.20. The van der Waals surface area contributed by atoms with Gasteiger partial charge in [0.2, 0.25) is 0 Å². The Kier molecular flexibility index (Phi) is 4.81. The average molecular weight is 305 g/mol. The molecule has 2 unspecified atom stereocenters. The summed E-state index contributed by atoms with van der Waals surface area (Å²) in [5.41, 5.74) is 5.77. The van der Waals surface area contributed by atoms with E-state index >= 15 is 0 Å². The largest absolute Gasteiger partial charge is 0.392 e. The number of hydrogen-bond acceptors (Lipinski definition) is 5. The summed E-state index contributed by atoms with van der Waals surface area (Å²) in [6, 6.07) is 0.404. The van der Waals surface area contributed by atoms with E-state index in [-0.39, 0.29) is 12.1 Å². The second-order valence-electron chi connectivity index (χ2n) is 5.46. The Bertz CT molecular complexity index is 430. The number of thiocarbonyl (C=S) groups is 1. The molecule has 0 aromatic rings. The normalized spacial score (nSPS) is 30.3. The van der Waals surface area contributed by atoms with E-state index in [0.29, 0.717) is 16.5 Å². The van der Waals surface area contributed by atoms with Gasteiger partial charge < -0.3 is 5.73 Å². The zero-order chi connectivity index (χ0) is 14.0. The third-order valence-corrected chi connectivity index (χ3v) is 6.25. The van der Waals surface area contributed by atoms with Gasteiger partial charge in [-0.3, -0.25) is 9.80 Å². The number of nitrogens with two attached hydrogens (primary N) is 1. The molecule has 0 spiro atoms. The molecule has 0 amide bonds. The van der Waals surface area contributed by atoms with Gasteiger partial charge in [0.1, 0.15) is 0 Å². The van der Waals surface area contributed by atoms with E-state index in [2.05, 4.69) is 16.7 Å². The predicted molar refractivity (Wildman–Crippen MR) is 81.1 cm³/mol. The Morgan fingerprint density at radius 2 is 2.00 bits per heavy atom. The van der Waals surface area contributed by atoms with Crippen molar-refractivity contribution in [3.63, 3.8) is 0 Å². The minimum absolute atomic E-state index is 0.185. The van der Waals surface area contributed by atoms with Crippen LogP contribution in [-0.4, -0.2) is 73.0 Å². The molecule has 5 nitrogen and oxygen atoms in total. The van der Waals surface area contributed by atoms with Crippen LogP contribution in [0, 0.1) is 0 Å². The van der Waals surface area contributed by atoms with Gasteiger partial charge in [0.05, 0.1) is 22.5 Å². The highest BCUT2D eigenvalue weighted by atomic mass is 32.2. The molecule has 0 aromatic carbocycles. The standard InChI is InChI=1S/C12H23N3O2S2/c1-2-11(12(13)18)15-6-4-14(5-7-15)10-3-8-19(16,17)9-10/h10-11H,2-9H2,1H3,(H2,13,18). The van der Waals surface area contributed by atoms with E-state index in [1.165, 1.54) is 0 Å². The summed E-state index contributed by atoms with van der Waals surface area (Å²) in [4.78, 5) is 5.20. The first kappa shape index (κ1) is 15.2. The molecule has 2 heterocycles. The Balaban J connectivity index is 1.87. The molecule has 2 aliphatic rings. The van der Waals surface area contributed by atoms with Crippen LogP contribution in [0.3, 0.4) is 0 Å². The van der Waals surface area contributed by atoms with Crippen LogP contribution in [-0.2, 0) is 9.84 Å². The van der Waals surface area contributed by atoms with E-state index in [1.54, 1.807) is 0 Å². The van der Waals surface area contributed by atoms with Gasteiger partial charge in [-0.25, -0.2) is 8.42 Å². The van der Waals surface area contributed by atoms with Crippen molar-refractivity contribution >= 4 is 27.0 Å². The van der Waals surface area contributed by atoms with Gasteiger partial charge >= 0.3 is 0 Å². The summed E-state index contributed by atoms with van der Waals surface area (Å²) in [6.07, 6.45) is 1.72. The summed E-state index contributed by atoms with van der Waals surface area (Å²) in [6.45, 7) is 5.77. The van der Waals surface area contributed by atoms with Crippen molar-refractivity contribution in [1.82, 2.24) is 9.80 Å². The molecular formula is C12H23N3O2S2. The zero-order valence-electron chi connectivity index (χ0n) is 11.4. The predicted octanol–water partition coefficient (Wildman–Crippen LogP) is -0.144. The van der Waals surface area contributed by atoms with Crippen molar-refractivity contribution in [2.75, 3.05) is 37.7 Å². The maximum atomic E-state index is 11.5. The summed E-state index contributed by atoms with van der Waals surface area (Å²) >= 11 is 5.11. The molecular weight excluding hydrogens is 282 g/mol. The Morgan fingerprint density at radius 1 is 1.37 bits per heavy atom. The van der Waals surface area contributed by atoms with Gasteiger partial charge in [0, 0.05) is 32.2 Å². The van der Waals surface area contributed by atoms with Crippen LogP contribution in [0.1, 0.15) is 19.8 Å². The van der Waals surface area contributed by atoms with E-state index < -0.39 is 9.84 Å². The van der Waals surface area contributed by atoms with Crippen molar-refractivity contribution in [2.45, 2.75) is 31.8 Å². The zero-order valence-corrected chi connectivity index (χ0v) is 13.0. The first-order valence-electron chi connectivity index (χ1n) is 6.91. The third-order valence-electron chi connectivity index (χ3n) is 4.23. The Labute approximate surface area is 121 Å². The quantitative estimate of drug-likeness (QED) is 0.729. The number of rotatable bonds is 4. The Hall–Kier alpha value is -0.240. The van der Waals surface area contributed by atoms with Crippen molar-refractivity contribution in [3.05, 3.63) is 0 Å². The monoisotopic (exact) mass is 305 g/mol. The maximum absolute atomic E-state index is 11.5. The minimum atomic E-state index is -2.79. The van der Waals surface area contributed by atoms with E-state index in [1.807, 2.05) is 0 Å². The first-order chi connectivity index (χ1) is 8.93. The molecule has 110 valence electrons. The van der Waals surface area contributed by atoms with Crippen LogP contribution in [0.2, 0.25) is 0 Å². The van der Waals surface area contributed by atoms with Crippen molar-refractivity contribution in [3.8, 4) is 0 Å². The summed E-state index contributed by atoms with van der Waals surface area (Å²) in [7, 11) is -2.79. The molecule has 2 fully saturated rings. The van der Waals surface area contributed by atoms with E-state index in [0.717, 1.165) is 39.0 Å². The maximum Gasteiger partial charge on any atom is 0.151 e. The minimum Gasteiger partial charge on any atom is -0.392 e. The van der Waals surface area contributed by atoms with Gasteiger partial charge in [-0.2, -0.15) is 0 Å². The lowest BCUT2D eigenvalue weighted by molar-refractivity contribution is 0.0919. The molecule has 2 atom stereocenters. The SMILES string of the molecule is CCC(C(N)=S)N1CCN(C2CCS(=O)(=O)C2)CC1. The third kappa shape index (κ3) is 3.65. The molecule has 0 saturated carbocycles. The van der Waals surface area contributed by atoms with Crippen LogP contribution >= 0.6 is 12.2 Å². The van der Waals surface area contributed by atoms with Gasteiger partial charge in [0.25, 0.3) is 0 Å². The highest BCUT2D eigenvalue weighted by Gasteiger charge is 2.34. The molecule has 19 heavy (non-hydrogen) atoms. The Morgan fingerprint density at radius 3 is 2.42 bits per heavy atom. The fourth-order valence-electron chi connectivity index (χ4n) is 3.12. The smallest absolute Gasteiger partial charge is 0.151 e. The average Bonchev–Trinajstić information content (AvgIpc) is 2.71. The van der Waals surface area contributed by atoms with E-state index in [4.69, 9.17) is 18.0 Å². The molecule has 2 rings (SSSR count). The van der Waals surface area contributed by atoms with Crippen molar-refractivity contribution in [1.29, 1.82) is 0 Å². The molecule has 2 N–H and O–H groups in total. The molecule has 0 aromatic heterocycles. The topological polar surface area (TPSA) is 66.6 Å². The second-order valence-corrected chi connectivity index (χ2v) is 8.16. The molecule has 0 bridgehead atoms. The van der Waals surface area contributed by atoms with Gasteiger partial charge in [0.15, 0.2) is 9.84 Å². The van der Waals surface area contributed by atoms with Crippen molar-refractivity contribution in [2.24, 2.45) is 5.73 Å². The van der Waals surface area contributed by atoms with Gasteiger partial charge in [-0.05, 0) is 12.8 Å². The molecule has 7 heteroatoms. The molecule has 2 aliphatic heterocycles. The lowest BCUT2D eigenvalue weighted by Crippen LogP contribution is -2.55.